The van der Waals surface area contributed by atoms with E-state index in [9.17, 15) is 9.59 Å². The first-order valence-corrected chi connectivity index (χ1v) is 5.98. The number of carbonyl (C=O) groups excluding carboxylic acids is 2. The van der Waals surface area contributed by atoms with Crippen LogP contribution in [0.4, 0.5) is 4.79 Å². The van der Waals surface area contributed by atoms with Gasteiger partial charge < -0.3 is 5.32 Å². The Morgan fingerprint density at radius 3 is 1.55 bits per heavy atom. The predicted molar refractivity (Wildman–Crippen MR) is 76.1 cm³/mol. The summed E-state index contributed by atoms with van der Waals surface area (Å²) >= 11 is 0. The third-order valence-corrected chi connectivity index (χ3v) is 3.28. The molecule has 0 atom stereocenters. The second-order valence-electron chi connectivity index (χ2n) is 4.39. The molecular formula is C15H12CaN2O2+2. The van der Waals surface area contributed by atoms with Crippen LogP contribution in [0.5, 0.6) is 0 Å². The van der Waals surface area contributed by atoms with Gasteiger partial charge >= 0.3 is 43.8 Å². The first kappa shape index (κ1) is 15.0. The Labute approximate surface area is 146 Å². The summed E-state index contributed by atoms with van der Waals surface area (Å²) in [5.74, 6) is -0.352. The summed E-state index contributed by atoms with van der Waals surface area (Å²) < 4.78 is 0. The Kier molecular flexibility index (Phi) is 4.48. The second kappa shape index (κ2) is 5.95. The van der Waals surface area contributed by atoms with Crippen molar-refractivity contribution in [1.82, 2.24) is 10.6 Å². The van der Waals surface area contributed by atoms with Crippen molar-refractivity contribution < 1.29 is 9.59 Å². The molecule has 0 bridgehead atoms. The number of hydrogen-bond acceptors (Lipinski definition) is 2. The number of hydrogen-bond donors (Lipinski definition) is 2. The molecule has 0 aliphatic carbocycles. The van der Waals surface area contributed by atoms with Gasteiger partial charge in [0.05, 0.1) is 0 Å². The van der Waals surface area contributed by atoms with Gasteiger partial charge in [-0.05, 0) is 11.1 Å². The largest absolute Gasteiger partial charge is 2.00 e. The number of amides is 3. The van der Waals surface area contributed by atoms with Gasteiger partial charge in [-0.2, -0.15) is 0 Å². The normalized spacial score (nSPS) is 16.0. The molecule has 1 saturated heterocycles. The van der Waals surface area contributed by atoms with E-state index in [0.29, 0.717) is 0 Å². The quantitative estimate of drug-likeness (QED) is 0.649. The molecule has 4 nitrogen and oxygen atoms in total. The molecule has 1 heterocycles. The zero-order valence-corrected chi connectivity index (χ0v) is 13.0. The van der Waals surface area contributed by atoms with Gasteiger partial charge in [-0.1, -0.05) is 60.7 Å². The van der Waals surface area contributed by atoms with E-state index in [1.54, 1.807) is 0 Å². The van der Waals surface area contributed by atoms with Crippen molar-refractivity contribution in [3.63, 3.8) is 0 Å². The first-order chi connectivity index (χ1) is 9.23. The molecule has 2 aromatic carbocycles. The van der Waals surface area contributed by atoms with Gasteiger partial charge in [0.25, 0.3) is 5.91 Å². The Morgan fingerprint density at radius 1 is 0.750 bits per heavy atom. The molecule has 3 amide bonds. The molecule has 0 aromatic heterocycles. The molecule has 1 fully saturated rings. The Balaban J connectivity index is 0.00000147. The van der Waals surface area contributed by atoms with Gasteiger partial charge in [0.1, 0.15) is 0 Å². The maximum atomic E-state index is 12.3. The number of urea groups is 1. The number of carbonyl (C=O) groups is 2. The average Bonchev–Trinajstić information content (AvgIpc) is 2.76. The minimum absolute atomic E-state index is 0. The van der Waals surface area contributed by atoms with E-state index in [1.165, 1.54) is 0 Å². The van der Waals surface area contributed by atoms with Gasteiger partial charge in [-0.15, -0.1) is 0 Å². The number of benzene rings is 2. The van der Waals surface area contributed by atoms with Gasteiger partial charge in [0.15, 0.2) is 5.54 Å². The van der Waals surface area contributed by atoms with Crippen molar-refractivity contribution >= 4 is 49.7 Å². The fourth-order valence-electron chi connectivity index (χ4n) is 2.40. The Hall–Kier alpha value is -1.36. The fraction of sp³-hybridized carbons (Fsp3) is 0.0667. The van der Waals surface area contributed by atoms with Gasteiger partial charge in [0.2, 0.25) is 0 Å². The smallest absolute Gasteiger partial charge is 0.316 e. The van der Waals surface area contributed by atoms with E-state index < -0.39 is 11.6 Å². The number of imide groups is 1. The molecule has 20 heavy (non-hydrogen) atoms. The molecule has 2 N–H and O–H groups in total. The van der Waals surface area contributed by atoms with Gasteiger partial charge in [-0.3, -0.25) is 10.1 Å². The summed E-state index contributed by atoms with van der Waals surface area (Å²) in [5, 5.41) is 5.07. The van der Waals surface area contributed by atoms with Crippen LogP contribution in [-0.4, -0.2) is 49.7 Å². The topological polar surface area (TPSA) is 58.2 Å². The summed E-state index contributed by atoms with van der Waals surface area (Å²) in [6.07, 6.45) is 0. The van der Waals surface area contributed by atoms with Crippen LogP contribution in [0.3, 0.4) is 0 Å². The molecule has 5 heteroatoms. The van der Waals surface area contributed by atoms with Crippen LogP contribution in [0.1, 0.15) is 11.1 Å². The van der Waals surface area contributed by atoms with Crippen LogP contribution in [-0.2, 0) is 10.3 Å². The number of rotatable bonds is 2. The summed E-state index contributed by atoms with van der Waals surface area (Å²) in [5.41, 5.74) is 0.341. The Bertz CT molecular complexity index is 589. The van der Waals surface area contributed by atoms with E-state index in [0.717, 1.165) is 11.1 Å². The van der Waals surface area contributed by atoms with Crippen LogP contribution in [0.25, 0.3) is 0 Å². The van der Waals surface area contributed by atoms with Crippen LogP contribution in [0, 0.1) is 0 Å². The molecule has 1 aliphatic heterocycles. The molecule has 0 unspecified atom stereocenters. The van der Waals surface area contributed by atoms with Crippen molar-refractivity contribution in [3.8, 4) is 0 Å². The molecule has 0 saturated carbocycles. The monoisotopic (exact) mass is 292 g/mol. The second-order valence-corrected chi connectivity index (χ2v) is 4.39. The average molecular weight is 292 g/mol. The molecule has 0 spiro atoms. The maximum absolute atomic E-state index is 12.3. The summed E-state index contributed by atoms with van der Waals surface area (Å²) in [4.78, 5) is 23.9. The number of nitrogens with one attached hydrogen (secondary N) is 2. The third kappa shape index (κ3) is 2.35. The van der Waals surface area contributed by atoms with Crippen LogP contribution in [0.15, 0.2) is 60.7 Å². The van der Waals surface area contributed by atoms with Crippen LogP contribution >= 0.6 is 0 Å². The molecule has 94 valence electrons. The standard InChI is InChI=1S/C15H12N2O2.Ca/c18-13-15(17-14(19)16-13,11-7-3-1-4-8-11)12-9-5-2-6-10-12;/h1-10H,(H2,16,17,18,19);/q;+2. The maximum Gasteiger partial charge on any atom is 2.00 e. The van der Waals surface area contributed by atoms with Crippen molar-refractivity contribution in [1.29, 1.82) is 0 Å². The van der Waals surface area contributed by atoms with E-state index in [2.05, 4.69) is 10.6 Å². The predicted octanol–water partition coefficient (Wildman–Crippen LogP) is 1.39. The summed E-state index contributed by atoms with van der Waals surface area (Å²) in [7, 11) is 0. The Morgan fingerprint density at radius 2 is 1.20 bits per heavy atom. The molecule has 3 rings (SSSR count). The van der Waals surface area contributed by atoms with E-state index in [1.807, 2.05) is 60.7 Å². The fourth-order valence-corrected chi connectivity index (χ4v) is 2.40. The minimum atomic E-state index is -1.14. The van der Waals surface area contributed by atoms with Gasteiger partial charge in [0, 0.05) is 0 Å². The molecule has 0 radical (unpaired) electrons. The molecule has 1 aliphatic rings. The van der Waals surface area contributed by atoms with Crippen molar-refractivity contribution in [2.24, 2.45) is 0 Å². The minimum Gasteiger partial charge on any atom is -0.316 e. The van der Waals surface area contributed by atoms with Crippen molar-refractivity contribution in [2.75, 3.05) is 0 Å². The zero-order valence-electron chi connectivity index (χ0n) is 10.8. The molecular weight excluding hydrogens is 280 g/mol. The zero-order chi connectivity index (χ0) is 13.3. The first-order valence-electron chi connectivity index (χ1n) is 5.98. The summed E-state index contributed by atoms with van der Waals surface area (Å²) in [6, 6.07) is 18.0. The van der Waals surface area contributed by atoms with Crippen LogP contribution < -0.4 is 10.6 Å². The molecule has 2 aromatic rings. The third-order valence-electron chi connectivity index (χ3n) is 3.28. The van der Waals surface area contributed by atoms with Crippen molar-refractivity contribution in [2.45, 2.75) is 5.54 Å². The van der Waals surface area contributed by atoms with Crippen LogP contribution in [0.2, 0.25) is 0 Å². The van der Waals surface area contributed by atoms with Gasteiger partial charge in [-0.25, -0.2) is 4.79 Å². The summed E-state index contributed by atoms with van der Waals surface area (Å²) in [6.45, 7) is 0. The van der Waals surface area contributed by atoms with E-state index in [-0.39, 0.29) is 43.6 Å². The van der Waals surface area contributed by atoms with E-state index in [4.69, 9.17) is 0 Å². The SMILES string of the molecule is O=C1NC(=O)C(c2ccccc2)(c2ccccc2)N1.[Ca+2]. The van der Waals surface area contributed by atoms with E-state index >= 15 is 0 Å². The van der Waals surface area contributed by atoms with Crippen molar-refractivity contribution in [3.05, 3.63) is 71.8 Å².